The molecule has 0 aliphatic carbocycles. The number of aryl methyl sites for hydroxylation is 2. The van der Waals surface area contributed by atoms with Crippen LogP contribution >= 0.6 is 0 Å². The molecule has 0 N–H and O–H groups in total. The Morgan fingerprint density at radius 3 is 2.42 bits per heavy atom. The second kappa shape index (κ2) is 8.53. The Morgan fingerprint density at radius 2 is 1.77 bits per heavy atom. The minimum atomic E-state index is 0.301. The predicted octanol–water partition coefficient (Wildman–Crippen LogP) is 5.46. The van der Waals surface area contributed by atoms with Crippen molar-refractivity contribution >= 4 is 5.91 Å². The lowest BCUT2D eigenvalue weighted by Crippen LogP contribution is -2.39. The Kier molecular flexibility index (Phi) is 6.13. The molecule has 1 fully saturated rings. The molecular formula is C24H31NO. The van der Waals surface area contributed by atoms with Gasteiger partial charge in [0, 0.05) is 25.4 Å². The Hall–Kier alpha value is -2.09. The van der Waals surface area contributed by atoms with E-state index >= 15 is 0 Å². The van der Waals surface area contributed by atoms with E-state index < -0.39 is 0 Å². The molecule has 1 amide bonds. The van der Waals surface area contributed by atoms with E-state index in [0.29, 0.717) is 24.2 Å². The van der Waals surface area contributed by atoms with Crippen LogP contribution in [-0.4, -0.2) is 23.9 Å². The zero-order chi connectivity index (χ0) is 18.5. The molecule has 1 aliphatic rings. The highest BCUT2D eigenvalue weighted by atomic mass is 16.2. The van der Waals surface area contributed by atoms with E-state index in [1.807, 2.05) is 0 Å². The van der Waals surface area contributed by atoms with Gasteiger partial charge in [-0.05, 0) is 48.8 Å². The van der Waals surface area contributed by atoms with Crippen LogP contribution in [0, 0.1) is 6.92 Å². The summed E-state index contributed by atoms with van der Waals surface area (Å²) >= 11 is 0. The molecule has 3 rings (SSSR count). The fourth-order valence-corrected chi connectivity index (χ4v) is 3.79. The van der Waals surface area contributed by atoms with Crippen LogP contribution in [0.25, 0.3) is 0 Å². The van der Waals surface area contributed by atoms with Crippen molar-refractivity contribution in [1.82, 2.24) is 4.90 Å². The van der Waals surface area contributed by atoms with Crippen LogP contribution in [0.15, 0.2) is 48.5 Å². The van der Waals surface area contributed by atoms with E-state index in [9.17, 15) is 4.79 Å². The van der Waals surface area contributed by atoms with Crippen LogP contribution in [-0.2, 0) is 11.2 Å². The van der Waals surface area contributed by atoms with E-state index in [0.717, 1.165) is 25.9 Å². The first-order valence-electron chi connectivity index (χ1n) is 9.96. The summed E-state index contributed by atoms with van der Waals surface area (Å²) in [5.41, 5.74) is 5.28. The summed E-state index contributed by atoms with van der Waals surface area (Å²) in [6.07, 6.45) is 3.74. The molecule has 0 bridgehead atoms. The third kappa shape index (κ3) is 4.75. The molecule has 0 aromatic heterocycles. The van der Waals surface area contributed by atoms with E-state index in [-0.39, 0.29) is 0 Å². The number of rotatable bonds is 5. The van der Waals surface area contributed by atoms with Crippen molar-refractivity contribution in [2.45, 2.75) is 58.3 Å². The van der Waals surface area contributed by atoms with Gasteiger partial charge in [-0.1, -0.05) is 67.9 Å². The van der Waals surface area contributed by atoms with Gasteiger partial charge in [-0.15, -0.1) is 0 Å². The maximum absolute atomic E-state index is 12.7. The van der Waals surface area contributed by atoms with Gasteiger partial charge in [0.1, 0.15) is 0 Å². The monoisotopic (exact) mass is 349 g/mol. The summed E-state index contributed by atoms with van der Waals surface area (Å²) in [5, 5.41) is 0. The maximum atomic E-state index is 12.7. The van der Waals surface area contributed by atoms with Crippen molar-refractivity contribution in [3.63, 3.8) is 0 Å². The van der Waals surface area contributed by atoms with Crippen molar-refractivity contribution in [3.8, 4) is 0 Å². The van der Waals surface area contributed by atoms with Gasteiger partial charge < -0.3 is 4.90 Å². The fraction of sp³-hybridized carbons (Fsp3) is 0.458. The normalized spacial score (nSPS) is 17.5. The number of likely N-dealkylation sites (tertiary alicyclic amines) is 1. The molecule has 2 aromatic rings. The lowest BCUT2D eigenvalue weighted by Gasteiger charge is -2.33. The molecule has 2 heteroatoms. The van der Waals surface area contributed by atoms with Gasteiger partial charge in [-0.2, -0.15) is 0 Å². The van der Waals surface area contributed by atoms with Crippen LogP contribution in [0.1, 0.15) is 67.2 Å². The van der Waals surface area contributed by atoms with Gasteiger partial charge in [-0.25, -0.2) is 0 Å². The van der Waals surface area contributed by atoms with Gasteiger partial charge in [0.15, 0.2) is 0 Å². The molecule has 1 aliphatic heterocycles. The number of carbonyl (C=O) groups is 1. The number of benzene rings is 2. The molecular weight excluding hydrogens is 318 g/mol. The van der Waals surface area contributed by atoms with Gasteiger partial charge in [-0.3, -0.25) is 4.79 Å². The van der Waals surface area contributed by atoms with Crippen LogP contribution in [0.5, 0.6) is 0 Å². The molecule has 0 radical (unpaired) electrons. The summed E-state index contributed by atoms with van der Waals surface area (Å²) < 4.78 is 0. The standard InChI is InChI=1S/C24H31NO/c1-18(2)21-13-8-20(9-14-21)10-15-24(26)25-16-4-5-23(17-25)22-11-6-19(3)7-12-22/h6-9,11-14,18,23H,4-5,10,15-17H2,1-3H3. The highest BCUT2D eigenvalue weighted by molar-refractivity contribution is 5.76. The molecule has 0 saturated carbocycles. The largest absolute Gasteiger partial charge is 0.342 e. The van der Waals surface area contributed by atoms with Crippen molar-refractivity contribution < 1.29 is 4.79 Å². The third-order valence-electron chi connectivity index (χ3n) is 5.60. The SMILES string of the molecule is Cc1ccc(C2CCCN(C(=O)CCc3ccc(C(C)C)cc3)C2)cc1. The Labute approximate surface area is 158 Å². The smallest absolute Gasteiger partial charge is 0.222 e. The second-order valence-electron chi connectivity index (χ2n) is 7.99. The number of hydrogen-bond acceptors (Lipinski definition) is 1. The summed E-state index contributed by atoms with van der Waals surface area (Å²) in [5.74, 6) is 1.34. The van der Waals surface area contributed by atoms with Gasteiger partial charge in [0.25, 0.3) is 0 Å². The quantitative estimate of drug-likeness (QED) is 0.702. The Bertz CT molecular complexity index is 715. The van der Waals surface area contributed by atoms with E-state index in [1.54, 1.807) is 0 Å². The fourth-order valence-electron chi connectivity index (χ4n) is 3.79. The molecule has 2 nitrogen and oxygen atoms in total. The molecule has 138 valence electrons. The highest BCUT2D eigenvalue weighted by Gasteiger charge is 2.24. The van der Waals surface area contributed by atoms with Crippen molar-refractivity contribution in [2.75, 3.05) is 13.1 Å². The van der Waals surface area contributed by atoms with Crippen LogP contribution in [0.4, 0.5) is 0 Å². The maximum Gasteiger partial charge on any atom is 0.222 e. The van der Waals surface area contributed by atoms with E-state index in [1.165, 1.54) is 28.7 Å². The molecule has 1 atom stereocenters. The number of amides is 1. The van der Waals surface area contributed by atoms with Gasteiger partial charge >= 0.3 is 0 Å². The van der Waals surface area contributed by atoms with Crippen molar-refractivity contribution in [1.29, 1.82) is 0 Å². The summed E-state index contributed by atoms with van der Waals surface area (Å²) in [4.78, 5) is 14.8. The van der Waals surface area contributed by atoms with Crippen molar-refractivity contribution in [2.24, 2.45) is 0 Å². The summed E-state index contributed by atoms with van der Waals surface area (Å²) in [7, 11) is 0. The highest BCUT2D eigenvalue weighted by Crippen LogP contribution is 2.27. The molecule has 1 heterocycles. The molecule has 2 aromatic carbocycles. The Morgan fingerprint density at radius 1 is 1.08 bits per heavy atom. The van der Waals surface area contributed by atoms with Gasteiger partial charge in [0.2, 0.25) is 5.91 Å². The molecule has 26 heavy (non-hydrogen) atoms. The average molecular weight is 350 g/mol. The number of hydrogen-bond donors (Lipinski definition) is 0. The molecule has 1 unspecified atom stereocenters. The van der Waals surface area contributed by atoms with Gasteiger partial charge in [0.05, 0.1) is 0 Å². The zero-order valence-electron chi connectivity index (χ0n) is 16.4. The first kappa shape index (κ1) is 18.7. The third-order valence-corrected chi connectivity index (χ3v) is 5.60. The Balaban J connectivity index is 1.54. The summed E-state index contributed by atoms with van der Waals surface area (Å²) in [6, 6.07) is 17.5. The lowest BCUT2D eigenvalue weighted by molar-refractivity contribution is -0.132. The first-order valence-corrected chi connectivity index (χ1v) is 9.96. The lowest BCUT2D eigenvalue weighted by atomic mass is 9.90. The average Bonchev–Trinajstić information content (AvgIpc) is 2.67. The van der Waals surface area contributed by atoms with E-state index in [2.05, 4.69) is 74.2 Å². The molecule has 0 spiro atoms. The predicted molar refractivity (Wildman–Crippen MR) is 109 cm³/mol. The molecule has 1 saturated heterocycles. The van der Waals surface area contributed by atoms with Crippen LogP contribution in [0.3, 0.4) is 0 Å². The summed E-state index contributed by atoms with van der Waals surface area (Å²) in [6.45, 7) is 8.31. The topological polar surface area (TPSA) is 20.3 Å². The minimum absolute atomic E-state index is 0.301. The second-order valence-corrected chi connectivity index (χ2v) is 7.99. The number of nitrogens with zero attached hydrogens (tertiary/aromatic N) is 1. The number of carbonyl (C=O) groups excluding carboxylic acids is 1. The number of piperidine rings is 1. The van der Waals surface area contributed by atoms with Crippen molar-refractivity contribution in [3.05, 3.63) is 70.8 Å². The zero-order valence-corrected chi connectivity index (χ0v) is 16.4. The van der Waals surface area contributed by atoms with E-state index in [4.69, 9.17) is 0 Å². The van der Waals surface area contributed by atoms with Crippen LogP contribution in [0.2, 0.25) is 0 Å². The first-order chi connectivity index (χ1) is 12.5. The minimum Gasteiger partial charge on any atom is -0.342 e. The van der Waals surface area contributed by atoms with Crippen LogP contribution < -0.4 is 0 Å².